The summed E-state index contributed by atoms with van der Waals surface area (Å²) in [5.74, 6) is 0. The van der Waals surface area contributed by atoms with Crippen LogP contribution < -0.4 is 5.32 Å². The first-order chi connectivity index (χ1) is 10.1. The van der Waals surface area contributed by atoms with E-state index in [2.05, 4.69) is 10.3 Å². The number of rotatable bonds is 8. The van der Waals surface area contributed by atoms with E-state index >= 15 is 0 Å². The number of hydrogen-bond donors (Lipinski definition) is 2. The highest BCUT2D eigenvalue weighted by atomic mass is 32.2. The summed E-state index contributed by atoms with van der Waals surface area (Å²) in [6.45, 7) is 6.24. The molecule has 5 nitrogen and oxygen atoms in total. The van der Waals surface area contributed by atoms with Gasteiger partial charge in [-0.05, 0) is 24.1 Å². The molecule has 2 N–H and O–H groups in total. The van der Waals surface area contributed by atoms with E-state index in [4.69, 9.17) is 0 Å². The Balaban J connectivity index is 2.16. The van der Waals surface area contributed by atoms with Gasteiger partial charge in [0.05, 0.1) is 4.90 Å². The fraction of sp³-hybridized carbons (Fsp3) is 0.429. The number of nitrogens with one attached hydrogen (secondary N) is 2. The summed E-state index contributed by atoms with van der Waals surface area (Å²) in [4.78, 5) is 4.39. The van der Waals surface area contributed by atoms with Gasteiger partial charge in [0.2, 0.25) is 10.0 Å². The highest BCUT2D eigenvalue weighted by molar-refractivity contribution is 7.89. The van der Waals surface area contributed by atoms with Crippen LogP contribution in [0, 0.1) is 0 Å². The predicted molar refractivity (Wildman–Crippen MR) is 85.8 cm³/mol. The molecule has 0 radical (unpaired) electrons. The van der Waals surface area contributed by atoms with Gasteiger partial charge < -0.3 is 10.3 Å². The molecule has 0 amide bonds. The van der Waals surface area contributed by atoms with Crippen molar-refractivity contribution in [3.63, 3.8) is 0 Å². The van der Waals surface area contributed by atoms with E-state index in [0.29, 0.717) is 24.5 Å². The third-order valence-electron chi connectivity index (χ3n) is 3.18. The molecule has 0 unspecified atom stereocenters. The van der Waals surface area contributed by atoms with E-state index in [-0.39, 0.29) is 0 Å². The predicted octanol–water partition coefficient (Wildman–Crippen LogP) is 2.40. The maximum atomic E-state index is 12.7. The van der Waals surface area contributed by atoms with E-state index in [1.807, 2.05) is 31.4 Å². The molecule has 116 valence electrons. The van der Waals surface area contributed by atoms with Gasteiger partial charge in [-0.25, -0.2) is 8.42 Å². The molecule has 0 aliphatic carbocycles. The third-order valence-corrected chi connectivity index (χ3v) is 5.94. The van der Waals surface area contributed by atoms with Crippen molar-refractivity contribution in [3.05, 3.63) is 40.3 Å². The summed E-state index contributed by atoms with van der Waals surface area (Å²) in [6, 6.07) is 5.59. The minimum absolute atomic E-state index is 0.328. The average Bonchev–Trinajstić information content (AvgIpc) is 3.13. The first kappa shape index (κ1) is 16.2. The maximum absolute atomic E-state index is 12.7. The molecule has 2 heterocycles. The molecule has 0 aromatic carbocycles. The lowest BCUT2D eigenvalue weighted by Gasteiger charge is -2.18. The molecule has 0 bridgehead atoms. The Kier molecular flexibility index (Phi) is 5.58. The lowest BCUT2D eigenvalue weighted by molar-refractivity contribution is 0.426. The van der Waals surface area contributed by atoms with Crippen molar-refractivity contribution in [2.45, 2.75) is 31.8 Å². The monoisotopic (exact) mass is 327 g/mol. The zero-order chi connectivity index (χ0) is 15.3. The van der Waals surface area contributed by atoms with Crippen LogP contribution in [0.25, 0.3) is 0 Å². The second-order valence-corrected chi connectivity index (χ2v) is 7.62. The molecule has 0 saturated carbocycles. The van der Waals surface area contributed by atoms with E-state index in [0.717, 1.165) is 17.1 Å². The Bertz CT molecular complexity index is 648. The van der Waals surface area contributed by atoms with E-state index < -0.39 is 10.0 Å². The highest BCUT2D eigenvalue weighted by Gasteiger charge is 2.24. The first-order valence-electron chi connectivity index (χ1n) is 6.98. The molecule has 0 aliphatic rings. The minimum atomic E-state index is -3.45. The quantitative estimate of drug-likeness (QED) is 0.782. The molecule has 2 aromatic rings. The van der Waals surface area contributed by atoms with Crippen molar-refractivity contribution in [1.29, 1.82) is 0 Å². The fourth-order valence-electron chi connectivity index (χ4n) is 2.02. The Morgan fingerprint density at radius 3 is 2.81 bits per heavy atom. The van der Waals surface area contributed by atoms with Crippen LogP contribution in [0.5, 0.6) is 0 Å². The van der Waals surface area contributed by atoms with Crippen LogP contribution in [0.1, 0.15) is 24.4 Å². The van der Waals surface area contributed by atoms with Crippen LogP contribution in [0.15, 0.2) is 34.7 Å². The zero-order valence-electron chi connectivity index (χ0n) is 12.3. The van der Waals surface area contributed by atoms with E-state index in [9.17, 15) is 8.42 Å². The average molecular weight is 327 g/mol. The van der Waals surface area contributed by atoms with Gasteiger partial charge in [-0.1, -0.05) is 19.9 Å². The Morgan fingerprint density at radius 2 is 2.19 bits per heavy atom. The summed E-state index contributed by atoms with van der Waals surface area (Å²) in [5.41, 5.74) is 0.877. The normalized spacial score (nSPS) is 12.1. The topological polar surface area (TPSA) is 65.2 Å². The van der Waals surface area contributed by atoms with Crippen molar-refractivity contribution in [1.82, 2.24) is 14.6 Å². The summed E-state index contributed by atoms with van der Waals surface area (Å²) < 4.78 is 26.8. The molecule has 0 spiro atoms. The molecule has 0 aliphatic heterocycles. The number of hydrogen-bond acceptors (Lipinski definition) is 4. The lowest BCUT2D eigenvalue weighted by atomic mass is 10.4. The molecule has 2 rings (SSSR count). The number of sulfonamides is 1. The lowest BCUT2D eigenvalue weighted by Crippen LogP contribution is -2.29. The second kappa shape index (κ2) is 7.22. The van der Waals surface area contributed by atoms with E-state index in [1.54, 1.807) is 23.6 Å². The molecule has 7 heteroatoms. The standard InChI is InChI=1S/C14H21N3O2S2/c1-3-15-9-12-8-14(10-16-12)21(18,19)17(4-2)11-13-6-5-7-20-13/h5-8,10,15-16H,3-4,9,11H2,1-2H3. The smallest absolute Gasteiger partial charge is 0.244 e. The van der Waals surface area contributed by atoms with Crippen molar-refractivity contribution in [3.8, 4) is 0 Å². The molecule has 0 saturated heterocycles. The summed E-state index contributed by atoms with van der Waals surface area (Å²) in [6.07, 6.45) is 1.57. The van der Waals surface area contributed by atoms with Crippen molar-refractivity contribution < 1.29 is 8.42 Å². The van der Waals surface area contributed by atoms with Crippen LogP contribution in [-0.2, 0) is 23.1 Å². The number of thiophene rings is 1. The van der Waals surface area contributed by atoms with Crippen LogP contribution in [0.3, 0.4) is 0 Å². The van der Waals surface area contributed by atoms with Crippen molar-refractivity contribution in [2.24, 2.45) is 0 Å². The van der Waals surface area contributed by atoms with Crippen LogP contribution in [0.2, 0.25) is 0 Å². The Hall–Kier alpha value is -1.15. The van der Waals surface area contributed by atoms with Crippen LogP contribution in [-0.4, -0.2) is 30.8 Å². The SMILES string of the molecule is CCNCc1cc(S(=O)(=O)N(CC)Cc2cccs2)c[nH]1. The van der Waals surface area contributed by atoms with Gasteiger partial charge >= 0.3 is 0 Å². The summed E-state index contributed by atoms with van der Waals surface area (Å²) in [5, 5.41) is 5.13. The van der Waals surface area contributed by atoms with Gasteiger partial charge in [-0.3, -0.25) is 0 Å². The number of H-pyrrole nitrogens is 1. The second-order valence-electron chi connectivity index (χ2n) is 4.65. The molecular weight excluding hydrogens is 306 g/mol. The largest absolute Gasteiger partial charge is 0.363 e. The third kappa shape index (κ3) is 3.94. The molecule has 21 heavy (non-hydrogen) atoms. The highest BCUT2D eigenvalue weighted by Crippen LogP contribution is 2.20. The molecule has 0 atom stereocenters. The fourth-order valence-corrected chi connectivity index (χ4v) is 4.27. The number of aromatic amines is 1. The maximum Gasteiger partial charge on any atom is 0.244 e. The molecule has 0 fully saturated rings. The van der Waals surface area contributed by atoms with Crippen LogP contribution >= 0.6 is 11.3 Å². The van der Waals surface area contributed by atoms with Crippen molar-refractivity contribution >= 4 is 21.4 Å². The van der Waals surface area contributed by atoms with Gasteiger partial charge in [0, 0.05) is 36.4 Å². The Labute approximate surface area is 130 Å². The van der Waals surface area contributed by atoms with Gasteiger partial charge in [0.15, 0.2) is 0 Å². The van der Waals surface area contributed by atoms with Gasteiger partial charge in [0.1, 0.15) is 0 Å². The van der Waals surface area contributed by atoms with Gasteiger partial charge in [-0.15, -0.1) is 11.3 Å². The Morgan fingerprint density at radius 1 is 1.38 bits per heavy atom. The van der Waals surface area contributed by atoms with E-state index in [1.165, 1.54) is 4.31 Å². The molecular formula is C14H21N3O2S2. The van der Waals surface area contributed by atoms with Crippen LogP contribution in [0.4, 0.5) is 0 Å². The minimum Gasteiger partial charge on any atom is -0.363 e. The molecule has 2 aromatic heterocycles. The number of nitrogens with zero attached hydrogens (tertiary/aromatic N) is 1. The first-order valence-corrected chi connectivity index (χ1v) is 9.30. The number of aromatic nitrogens is 1. The summed E-state index contributed by atoms with van der Waals surface area (Å²) in [7, 11) is -3.45. The zero-order valence-corrected chi connectivity index (χ0v) is 13.9. The van der Waals surface area contributed by atoms with Gasteiger partial charge in [-0.2, -0.15) is 4.31 Å². The van der Waals surface area contributed by atoms with Gasteiger partial charge in [0.25, 0.3) is 0 Å². The van der Waals surface area contributed by atoms with Crippen molar-refractivity contribution in [2.75, 3.05) is 13.1 Å². The summed E-state index contributed by atoms with van der Waals surface area (Å²) >= 11 is 1.57.